The van der Waals surface area contributed by atoms with Crippen molar-refractivity contribution in [1.29, 1.82) is 0 Å². The lowest BCUT2D eigenvalue weighted by atomic mass is 10.0. The van der Waals surface area contributed by atoms with Gasteiger partial charge in [0.2, 0.25) is 11.8 Å². The predicted octanol–water partition coefficient (Wildman–Crippen LogP) is 1.72. The van der Waals surface area contributed by atoms with Gasteiger partial charge in [0.05, 0.1) is 6.20 Å². The smallest absolute Gasteiger partial charge is 0.275 e. The summed E-state index contributed by atoms with van der Waals surface area (Å²) in [5.74, 6) is -2.77. The van der Waals surface area contributed by atoms with Crippen molar-refractivity contribution in [2.45, 2.75) is 38.9 Å². The Hall–Kier alpha value is -4.54. The van der Waals surface area contributed by atoms with Gasteiger partial charge in [0.15, 0.2) is 11.4 Å². The molecule has 184 valence electrons. The van der Waals surface area contributed by atoms with Crippen molar-refractivity contribution in [3.8, 4) is 11.4 Å². The molecule has 1 atom stereocenters. The van der Waals surface area contributed by atoms with E-state index in [9.17, 15) is 28.7 Å². The van der Waals surface area contributed by atoms with Gasteiger partial charge in [-0.05, 0) is 48.2 Å². The number of fused-ring (bicyclic) bond motifs is 1. The summed E-state index contributed by atoms with van der Waals surface area (Å²) in [7, 11) is 0. The lowest BCUT2D eigenvalue weighted by Gasteiger charge is -2.29. The standard InChI is InChI=1S/C25H22FN5O5/c1-13-2-5-17(26)19(8-13)31-12-20(32)22(29-31)24(35)27-10-14-3-4-15-11-30(25(36)16(15)9-14)18-6-7-21(33)28-23(18)34/h2-5,8-9,12,18,32H,6-7,10-11H2,1H3,(H,27,35)(H,28,33,34). The average Bonchev–Trinajstić information content (AvgIpc) is 3.39. The Labute approximate surface area is 204 Å². The summed E-state index contributed by atoms with van der Waals surface area (Å²) >= 11 is 0. The molecule has 3 heterocycles. The Bertz CT molecular complexity index is 1430. The average molecular weight is 491 g/mol. The number of carbonyl (C=O) groups is 4. The molecule has 10 nitrogen and oxygen atoms in total. The van der Waals surface area contributed by atoms with Crippen LogP contribution in [0.1, 0.15) is 50.4 Å². The van der Waals surface area contributed by atoms with Crippen LogP contribution in [0, 0.1) is 12.7 Å². The van der Waals surface area contributed by atoms with Gasteiger partial charge in [-0.25, -0.2) is 9.07 Å². The van der Waals surface area contributed by atoms with E-state index in [1.165, 1.54) is 11.0 Å². The molecule has 11 heteroatoms. The minimum atomic E-state index is -0.706. The van der Waals surface area contributed by atoms with Crippen LogP contribution in [-0.2, 0) is 22.7 Å². The fourth-order valence-electron chi connectivity index (χ4n) is 4.43. The molecule has 1 saturated heterocycles. The summed E-state index contributed by atoms with van der Waals surface area (Å²) < 4.78 is 15.3. The molecule has 1 aromatic heterocycles. The third-order valence-corrected chi connectivity index (χ3v) is 6.30. The first-order chi connectivity index (χ1) is 17.2. The number of carbonyl (C=O) groups excluding carboxylic acids is 4. The molecule has 0 radical (unpaired) electrons. The number of amides is 4. The molecule has 2 aromatic carbocycles. The number of nitrogens with one attached hydrogen (secondary N) is 2. The van der Waals surface area contributed by atoms with Crippen LogP contribution in [0.2, 0.25) is 0 Å². The summed E-state index contributed by atoms with van der Waals surface area (Å²) in [5.41, 5.74) is 2.42. The van der Waals surface area contributed by atoms with Crippen molar-refractivity contribution in [3.05, 3.63) is 76.4 Å². The monoisotopic (exact) mass is 491 g/mol. The Balaban J connectivity index is 1.28. The van der Waals surface area contributed by atoms with E-state index in [1.807, 2.05) is 0 Å². The van der Waals surface area contributed by atoms with Crippen LogP contribution in [0.4, 0.5) is 4.39 Å². The van der Waals surface area contributed by atoms with Crippen LogP contribution in [-0.4, -0.2) is 49.5 Å². The minimum absolute atomic E-state index is 0.0446. The first kappa shape index (κ1) is 23.2. The van der Waals surface area contributed by atoms with Crippen LogP contribution in [0.25, 0.3) is 5.69 Å². The Morgan fingerprint density at radius 1 is 1.22 bits per heavy atom. The van der Waals surface area contributed by atoms with Crippen molar-refractivity contribution < 1.29 is 28.7 Å². The van der Waals surface area contributed by atoms with Gasteiger partial charge in [0, 0.05) is 25.1 Å². The molecule has 1 unspecified atom stereocenters. The van der Waals surface area contributed by atoms with E-state index >= 15 is 0 Å². The van der Waals surface area contributed by atoms with Crippen molar-refractivity contribution in [2.24, 2.45) is 0 Å². The SMILES string of the molecule is Cc1ccc(F)c(-n2cc(O)c(C(=O)NCc3ccc4c(c3)C(=O)N(C3CCC(=O)NC3=O)C4)n2)c1. The molecular formula is C25H22FN5O5. The molecule has 0 spiro atoms. The zero-order chi connectivity index (χ0) is 25.6. The van der Waals surface area contributed by atoms with Crippen LogP contribution in [0.5, 0.6) is 5.75 Å². The van der Waals surface area contributed by atoms with Crippen LogP contribution in [0.15, 0.2) is 42.6 Å². The maximum Gasteiger partial charge on any atom is 0.275 e. The van der Waals surface area contributed by atoms with Crippen molar-refractivity contribution in [2.75, 3.05) is 0 Å². The van der Waals surface area contributed by atoms with Crippen LogP contribution >= 0.6 is 0 Å². The highest BCUT2D eigenvalue weighted by atomic mass is 19.1. The van der Waals surface area contributed by atoms with Crippen molar-refractivity contribution in [1.82, 2.24) is 25.3 Å². The highest BCUT2D eigenvalue weighted by Gasteiger charge is 2.39. The molecule has 2 aliphatic heterocycles. The van der Waals surface area contributed by atoms with E-state index in [1.54, 1.807) is 37.3 Å². The van der Waals surface area contributed by atoms with E-state index < -0.39 is 29.4 Å². The van der Waals surface area contributed by atoms with Crippen molar-refractivity contribution in [3.63, 3.8) is 0 Å². The predicted molar refractivity (Wildman–Crippen MR) is 124 cm³/mol. The Morgan fingerprint density at radius 2 is 2.03 bits per heavy atom. The summed E-state index contributed by atoms with van der Waals surface area (Å²) in [6.45, 7) is 2.09. The van der Waals surface area contributed by atoms with Gasteiger partial charge in [-0.3, -0.25) is 24.5 Å². The third kappa shape index (κ3) is 4.19. The Kier molecular flexibility index (Phi) is 5.75. The number of imide groups is 1. The molecule has 0 saturated carbocycles. The van der Waals surface area contributed by atoms with Gasteiger partial charge < -0.3 is 15.3 Å². The fraction of sp³-hybridized carbons (Fsp3) is 0.240. The number of aromatic hydroxyl groups is 1. The third-order valence-electron chi connectivity index (χ3n) is 6.30. The van der Waals surface area contributed by atoms with Gasteiger partial charge in [-0.1, -0.05) is 18.2 Å². The zero-order valence-corrected chi connectivity index (χ0v) is 19.2. The number of hydrogen-bond acceptors (Lipinski definition) is 6. The normalized spacial score (nSPS) is 17.2. The molecule has 0 aliphatic carbocycles. The molecule has 2 aliphatic rings. The number of benzene rings is 2. The maximum atomic E-state index is 14.2. The van der Waals surface area contributed by atoms with E-state index in [0.29, 0.717) is 11.1 Å². The summed E-state index contributed by atoms with van der Waals surface area (Å²) in [6.07, 6.45) is 1.60. The highest BCUT2D eigenvalue weighted by Crippen LogP contribution is 2.28. The number of hydrogen-bond donors (Lipinski definition) is 3. The lowest BCUT2D eigenvalue weighted by Crippen LogP contribution is -2.52. The van der Waals surface area contributed by atoms with Gasteiger partial charge in [0.1, 0.15) is 17.5 Å². The second-order valence-electron chi connectivity index (χ2n) is 8.84. The number of piperidine rings is 1. The molecule has 1 fully saturated rings. The molecular weight excluding hydrogens is 469 g/mol. The van der Waals surface area contributed by atoms with Crippen LogP contribution in [0.3, 0.4) is 0 Å². The molecule has 3 aromatic rings. The molecule has 3 N–H and O–H groups in total. The molecule has 0 bridgehead atoms. The fourth-order valence-corrected chi connectivity index (χ4v) is 4.43. The molecule has 36 heavy (non-hydrogen) atoms. The maximum absolute atomic E-state index is 14.2. The van der Waals surface area contributed by atoms with Gasteiger partial charge in [-0.15, -0.1) is 0 Å². The van der Waals surface area contributed by atoms with Gasteiger partial charge >= 0.3 is 0 Å². The number of aryl methyl sites for hydroxylation is 1. The topological polar surface area (TPSA) is 134 Å². The summed E-state index contributed by atoms with van der Waals surface area (Å²) in [6, 6.07) is 8.87. The quantitative estimate of drug-likeness (QED) is 0.466. The van der Waals surface area contributed by atoms with Crippen LogP contribution < -0.4 is 10.6 Å². The largest absolute Gasteiger partial charge is 0.504 e. The van der Waals surface area contributed by atoms with E-state index in [0.717, 1.165) is 22.0 Å². The zero-order valence-electron chi connectivity index (χ0n) is 19.2. The summed E-state index contributed by atoms with van der Waals surface area (Å²) in [4.78, 5) is 50.7. The first-order valence-electron chi connectivity index (χ1n) is 11.3. The highest BCUT2D eigenvalue weighted by molar-refractivity contribution is 6.05. The van der Waals surface area contributed by atoms with Crippen molar-refractivity contribution >= 4 is 23.6 Å². The van der Waals surface area contributed by atoms with Gasteiger partial charge in [0.25, 0.3) is 11.8 Å². The lowest BCUT2D eigenvalue weighted by molar-refractivity contribution is -0.136. The van der Waals surface area contributed by atoms with E-state index in [4.69, 9.17) is 0 Å². The number of halogens is 1. The van der Waals surface area contributed by atoms with Gasteiger partial charge in [-0.2, -0.15) is 5.10 Å². The second kappa shape index (κ2) is 8.91. The minimum Gasteiger partial charge on any atom is -0.504 e. The second-order valence-corrected chi connectivity index (χ2v) is 8.84. The Morgan fingerprint density at radius 3 is 2.81 bits per heavy atom. The number of rotatable bonds is 5. The van der Waals surface area contributed by atoms with E-state index in [2.05, 4.69) is 15.7 Å². The molecule has 4 amide bonds. The van der Waals surface area contributed by atoms with E-state index in [-0.39, 0.29) is 49.1 Å². The molecule has 5 rings (SSSR count). The number of nitrogens with zero attached hydrogens (tertiary/aromatic N) is 3. The number of aromatic nitrogens is 2. The summed E-state index contributed by atoms with van der Waals surface area (Å²) in [5, 5.41) is 19.1. The first-order valence-corrected chi connectivity index (χ1v) is 11.3.